The summed E-state index contributed by atoms with van der Waals surface area (Å²) < 4.78 is 5.87. The molecule has 0 spiro atoms. The molecule has 4 heteroatoms. The van der Waals surface area contributed by atoms with Crippen LogP contribution in [0.2, 0.25) is 0 Å². The maximum absolute atomic E-state index is 5.87. The minimum atomic E-state index is 0.634. The van der Waals surface area contributed by atoms with Gasteiger partial charge in [0.15, 0.2) is 5.75 Å². The van der Waals surface area contributed by atoms with Gasteiger partial charge in [-0.2, -0.15) is 0 Å². The standard InChI is InChI=1S/C14H15BrN2O/c1-3-12-13(7-6-10(2)17-12)18-14-11(9-15)5-4-8-16-14/h4-8H,3,9H2,1-2H3. The third kappa shape index (κ3) is 2.88. The number of alkyl halides is 1. The highest BCUT2D eigenvalue weighted by atomic mass is 79.9. The summed E-state index contributed by atoms with van der Waals surface area (Å²) in [6, 6.07) is 7.79. The molecule has 0 fully saturated rings. The Labute approximate surface area is 115 Å². The molecular weight excluding hydrogens is 292 g/mol. The molecule has 0 aliphatic carbocycles. The van der Waals surface area contributed by atoms with Gasteiger partial charge in [-0.3, -0.25) is 4.98 Å². The van der Waals surface area contributed by atoms with Crippen LogP contribution in [0.25, 0.3) is 0 Å². The third-order valence-electron chi connectivity index (χ3n) is 2.61. The lowest BCUT2D eigenvalue weighted by molar-refractivity contribution is 0.450. The second kappa shape index (κ2) is 5.96. The molecule has 2 heterocycles. The predicted octanol–water partition coefficient (Wildman–Crippen LogP) is 4.03. The SMILES string of the molecule is CCc1nc(C)ccc1Oc1ncccc1CBr. The Morgan fingerprint density at radius 2 is 2.11 bits per heavy atom. The molecule has 0 saturated carbocycles. The van der Waals surface area contributed by atoms with E-state index in [-0.39, 0.29) is 0 Å². The first-order valence-corrected chi connectivity index (χ1v) is 7.01. The second-order valence-electron chi connectivity index (χ2n) is 3.95. The van der Waals surface area contributed by atoms with E-state index in [2.05, 4.69) is 32.8 Å². The van der Waals surface area contributed by atoms with Crippen LogP contribution in [0.5, 0.6) is 11.6 Å². The van der Waals surface area contributed by atoms with E-state index >= 15 is 0 Å². The van der Waals surface area contributed by atoms with Crippen LogP contribution >= 0.6 is 15.9 Å². The van der Waals surface area contributed by atoms with Crippen molar-refractivity contribution in [1.29, 1.82) is 0 Å². The van der Waals surface area contributed by atoms with Crippen molar-refractivity contribution < 1.29 is 4.74 Å². The van der Waals surface area contributed by atoms with Gasteiger partial charge in [0.2, 0.25) is 5.88 Å². The molecule has 2 rings (SSSR count). The van der Waals surface area contributed by atoms with Gasteiger partial charge in [0.1, 0.15) is 0 Å². The number of ether oxygens (including phenoxy) is 1. The van der Waals surface area contributed by atoms with Crippen molar-refractivity contribution in [2.45, 2.75) is 25.6 Å². The number of halogens is 1. The highest BCUT2D eigenvalue weighted by Gasteiger charge is 2.09. The third-order valence-corrected chi connectivity index (χ3v) is 3.21. The summed E-state index contributed by atoms with van der Waals surface area (Å²) in [5.41, 5.74) is 2.99. The molecule has 2 aromatic heterocycles. The van der Waals surface area contributed by atoms with E-state index in [1.54, 1.807) is 6.20 Å². The molecule has 0 bridgehead atoms. The lowest BCUT2D eigenvalue weighted by atomic mass is 10.2. The lowest BCUT2D eigenvalue weighted by Crippen LogP contribution is -1.98. The number of hydrogen-bond donors (Lipinski definition) is 0. The Bertz CT molecular complexity index is 543. The molecular formula is C14H15BrN2O. The molecule has 0 radical (unpaired) electrons. The maximum atomic E-state index is 5.87. The number of aromatic nitrogens is 2. The smallest absolute Gasteiger partial charge is 0.223 e. The fraction of sp³-hybridized carbons (Fsp3) is 0.286. The molecule has 18 heavy (non-hydrogen) atoms. The predicted molar refractivity (Wildman–Crippen MR) is 75.3 cm³/mol. The Morgan fingerprint density at radius 1 is 1.28 bits per heavy atom. The van der Waals surface area contributed by atoms with Crippen LogP contribution in [0, 0.1) is 6.92 Å². The number of pyridine rings is 2. The Balaban J connectivity index is 2.33. The second-order valence-corrected chi connectivity index (χ2v) is 4.52. The first-order valence-electron chi connectivity index (χ1n) is 5.88. The summed E-state index contributed by atoms with van der Waals surface area (Å²) in [7, 11) is 0. The first-order chi connectivity index (χ1) is 8.74. The summed E-state index contributed by atoms with van der Waals surface area (Å²) in [6.45, 7) is 4.05. The van der Waals surface area contributed by atoms with Crippen molar-refractivity contribution in [3.05, 3.63) is 47.4 Å². The fourth-order valence-corrected chi connectivity index (χ4v) is 2.09. The van der Waals surface area contributed by atoms with Crippen molar-refractivity contribution in [2.24, 2.45) is 0 Å². The van der Waals surface area contributed by atoms with Gasteiger partial charge in [0.05, 0.1) is 5.69 Å². The minimum Gasteiger partial charge on any atom is -0.437 e. The average molecular weight is 307 g/mol. The van der Waals surface area contributed by atoms with Crippen molar-refractivity contribution >= 4 is 15.9 Å². The molecule has 0 aliphatic rings. The number of aryl methyl sites for hydroxylation is 2. The zero-order chi connectivity index (χ0) is 13.0. The molecule has 0 saturated heterocycles. The van der Waals surface area contributed by atoms with Gasteiger partial charge in [-0.15, -0.1) is 0 Å². The zero-order valence-electron chi connectivity index (χ0n) is 10.5. The van der Waals surface area contributed by atoms with Crippen molar-refractivity contribution in [3.8, 4) is 11.6 Å². The van der Waals surface area contributed by atoms with E-state index in [1.807, 2.05) is 31.2 Å². The van der Waals surface area contributed by atoms with Crippen LogP contribution in [0.3, 0.4) is 0 Å². The van der Waals surface area contributed by atoms with Crippen molar-refractivity contribution in [1.82, 2.24) is 9.97 Å². The van der Waals surface area contributed by atoms with Gasteiger partial charge in [0.25, 0.3) is 0 Å². The average Bonchev–Trinajstić information content (AvgIpc) is 2.41. The molecule has 0 unspecified atom stereocenters. The number of hydrogen-bond acceptors (Lipinski definition) is 3. The Hall–Kier alpha value is -1.42. The van der Waals surface area contributed by atoms with Crippen LogP contribution in [0.15, 0.2) is 30.5 Å². The van der Waals surface area contributed by atoms with E-state index in [1.165, 1.54) is 0 Å². The van der Waals surface area contributed by atoms with E-state index < -0.39 is 0 Å². The van der Waals surface area contributed by atoms with Gasteiger partial charge < -0.3 is 4.74 Å². The topological polar surface area (TPSA) is 35.0 Å². The lowest BCUT2D eigenvalue weighted by Gasteiger charge is -2.11. The minimum absolute atomic E-state index is 0.634. The largest absolute Gasteiger partial charge is 0.437 e. The molecule has 0 aliphatic heterocycles. The van der Waals surface area contributed by atoms with E-state index in [0.29, 0.717) is 5.88 Å². The first kappa shape index (κ1) is 13.0. The van der Waals surface area contributed by atoms with Gasteiger partial charge in [-0.05, 0) is 31.5 Å². The van der Waals surface area contributed by atoms with Crippen LogP contribution in [0.1, 0.15) is 23.9 Å². The summed E-state index contributed by atoms with van der Waals surface area (Å²) >= 11 is 3.43. The number of nitrogens with zero attached hydrogens (tertiary/aromatic N) is 2. The highest BCUT2D eigenvalue weighted by molar-refractivity contribution is 9.08. The van der Waals surface area contributed by atoms with Crippen LogP contribution in [-0.2, 0) is 11.8 Å². The van der Waals surface area contributed by atoms with E-state index in [9.17, 15) is 0 Å². The van der Waals surface area contributed by atoms with Crippen LogP contribution in [0.4, 0.5) is 0 Å². The highest BCUT2D eigenvalue weighted by Crippen LogP contribution is 2.27. The molecule has 3 nitrogen and oxygen atoms in total. The number of rotatable bonds is 4. The summed E-state index contributed by atoms with van der Waals surface area (Å²) in [6.07, 6.45) is 2.57. The fourth-order valence-electron chi connectivity index (χ4n) is 1.67. The molecule has 0 N–H and O–H groups in total. The van der Waals surface area contributed by atoms with Crippen molar-refractivity contribution in [2.75, 3.05) is 0 Å². The summed E-state index contributed by atoms with van der Waals surface area (Å²) in [5, 5.41) is 0.719. The van der Waals surface area contributed by atoms with Crippen LogP contribution in [-0.4, -0.2) is 9.97 Å². The summed E-state index contributed by atoms with van der Waals surface area (Å²) in [5.74, 6) is 1.42. The molecule has 2 aromatic rings. The van der Waals surface area contributed by atoms with Gasteiger partial charge in [-0.1, -0.05) is 28.9 Å². The van der Waals surface area contributed by atoms with Gasteiger partial charge >= 0.3 is 0 Å². The Morgan fingerprint density at radius 3 is 2.83 bits per heavy atom. The quantitative estimate of drug-likeness (QED) is 0.800. The van der Waals surface area contributed by atoms with Gasteiger partial charge in [-0.25, -0.2) is 4.98 Å². The van der Waals surface area contributed by atoms with E-state index in [4.69, 9.17) is 4.74 Å². The molecule has 0 aromatic carbocycles. The maximum Gasteiger partial charge on any atom is 0.223 e. The molecule has 94 valence electrons. The molecule has 0 atom stereocenters. The van der Waals surface area contributed by atoms with Crippen molar-refractivity contribution in [3.63, 3.8) is 0 Å². The zero-order valence-corrected chi connectivity index (χ0v) is 12.1. The molecule has 0 amide bonds. The van der Waals surface area contributed by atoms with E-state index in [0.717, 1.165) is 34.5 Å². The van der Waals surface area contributed by atoms with Crippen LogP contribution < -0.4 is 4.74 Å². The van der Waals surface area contributed by atoms with Gasteiger partial charge in [0, 0.05) is 22.8 Å². The normalized spacial score (nSPS) is 10.4. The monoisotopic (exact) mass is 306 g/mol. The Kier molecular flexibility index (Phi) is 4.31. The summed E-state index contributed by atoms with van der Waals surface area (Å²) in [4.78, 5) is 8.74.